The third-order valence-electron chi connectivity index (χ3n) is 2.98. The van der Waals surface area contributed by atoms with Crippen LogP contribution in [0.25, 0.3) is 0 Å². The lowest BCUT2D eigenvalue weighted by atomic mass is 10.2. The van der Waals surface area contributed by atoms with Gasteiger partial charge in [-0.2, -0.15) is 0 Å². The van der Waals surface area contributed by atoms with Crippen LogP contribution in [0.5, 0.6) is 0 Å². The summed E-state index contributed by atoms with van der Waals surface area (Å²) in [7, 11) is 1.45. The maximum atomic E-state index is 11.3. The van der Waals surface area contributed by atoms with E-state index in [2.05, 4.69) is 11.0 Å². The number of carbonyl (C=O) groups excluding carboxylic acids is 1. The molecular formula is C12H21NO2. The highest BCUT2D eigenvalue weighted by Crippen LogP contribution is 2.23. The fourth-order valence-electron chi connectivity index (χ4n) is 2.08. The summed E-state index contributed by atoms with van der Waals surface area (Å²) in [4.78, 5) is 13.5. The minimum absolute atomic E-state index is 0.133. The molecule has 0 amide bonds. The molecule has 0 N–H and O–H groups in total. The van der Waals surface area contributed by atoms with E-state index in [0.717, 1.165) is 6.54 Å². The van der Waals surface area contributed by atoms with Gasteiger partial charge in [0.1, 0.15) is 0 Å². The molecule has 15 heavy (non-hydrogen) atoms. The molecule has 3 nitrogen and oxygen atoms in total. The first-order chi connectivity index (χ1) is 7.27. The number of hydrogen-bond acceptors (Lipinski definition) is 3. The van der Waals surface area contributed by atoms with Crippen LogP contribution in [0.3, 0.4) is 0 Å². The summed E-state index contributed by atoms with van der Waals surface area (Å²) < 4.78 is 4.72. The van der Waals surface area contributed by atoms with Crippen molar-refractivity contribution in [2.75, 3.05) is 20.2 Å². The second-order valence-electron chi connectivity index (χ2n) is 4.01. The number of esters is 1. The third kappa shape index (κ3) is 4.04. The molecule has 0 aromatic rings. The largest absolute Gasteiger partial charge is 0.468 e. The van der Waals surface area contributed by atoms with Crippen LogP contribution in [0.4, 0.5) is 0 Å². The van der Waals surface area contributed by atoms with Crippen LogP contribution in [-0.2, 0) is 9.53 Å². The zero-order chi connectivity index (χ0) is 11.1. The first kappa shape index (κ1) is 12.2. The Hall–Kier alpha value is -0.830. The van der Waals surface area contributed by atoms with Crippen molar-refractivity contribution in [1.82, 2.24) is 4.90 Å². The average Bonchev–Trinajstić information content (AvgIpc) is 2.77. The van der Waals surface area contributed by atoms with Crippen LogP contribution in [0.2, 0.25) is 0 Å². The van der Waals surface area contributed by atoms with Crippen molar-refractivity contribution in [3.05, 3.63) is 12.2 Å². The quantitative estimate of drug-likeness (QED) is 0.514. The Morgan fingerprint density at radius 3 is 2.67 bits per heavy atom. The zero-order valence-electron chi connectivity index (χ0n) is 9.74. The topological polar surface area (TPSA) is 29.5 Å². The molecule has 86 valence electrons. The Kier molecular flexibility index (Phi) is 5.40. The van der Waals surface area contributed by atoms with Crippen LogP contribution in [0, 0.1) is 0 Å². The van der Waals surface area contributed by atoms with Crippen molar-refractivity contribution >= 4 is 5.97 Å². The van der Waals surface area contributed by atoms with Crippen LogP contribution >= 0.6 is 0 Å². The third-order valence-corrected chi connectivity index (χ3v) is 2.98. The van der Waals surface area contributed by atoms with E-state index in [4.69, 9.17) is 4.74 Å². The van der Waals surface area contributed by atoms with Gasteiger partial charge in [-0.3, -0.25) is 9.69 Å². The summed E-state index contributed by atoms with van der Waals surface area (Å²) in [6, 6.07) is 0.570. The lowest BCUT2D eigenvalue weighted by molar-refractivity contribution is -0.142. The van der Waals surface area contributed by atoms with Crippen LogP contribution in [0.1, 0.15) is 32.6 Å². The van der Waals surface area contributed by atoms with E-state index in [1.807, 2.05) is 13.0 Å². The van der Waals surface area contributed by atoms with Gasteiger partial charge in [-0.1, -0.05) is 25.0 Å². The number of rotatable bonds is 5. The van der Waals surface area contributed by atoms with Gasteiger partial charge in [0.2, 0.25) is 0 Å². The Labute approximate surface area is 92.1 Å². The SMILES string of the molecule is C/C=C/CN(CC(=O)OC)C1CCCC1. The summed E-state index contributed by atoms with van der Waals surface area (Å²) in [6.07, 6.45) is 9.14. The van der Waals surface area contributed by atoms with Crippen LogP contribution in [0.15, 0.2) is 12.2 Å². The highest BCUT2D eigenvalue weighted by Gasteiger charge is 2.23. The first-order valence-corrected chi connectivity index (χ1v) is 5.70. The van der Waals surface area contributed by atoms with E-state index < -0.39 is 0 Å². The van der Waals surface area contributed by atoms with Crippen molar-refractivity contribution in [2.45, 2.75) is 38.6 Å². The van der Waals surface area contributed by atoms with Crippen molar-refractivity contribution in [3.63, 3.8) is 0 Å². The fourth-order valence-corrected chi connectivity index (χ4v) is 2.08. The highest BCUT2D eigenvalue weighted by atomic mass is 16.5. The zero-order valence-corrected chi connectivity index (χ0v) is 9.74. The molecule has 1 saturated carbocycles. The number of hydrogen-bond donors (Lipinski definition) is 0. The van der Waals surface area contributed by atoms with Gasteiger partial charge < -0.3 is 4.74 Å². The molecule has 0 atom stereocenters. The Bertz CT molecular complexity index is 220. The van der Waals surface area contributed by atoms with E-state index >= 15 is 0 Å². The number of ether oxygens (including phenoxy) is 1. The van der Waals surface area contributed by atoms with Gasteiger partial charge in [-0.25, -0.2) is 0 Å². The molecule has 0 aliphatic heterocycles. The molecule has 1 aliphatic rings. The Morgan fingerprint density at radius 2 is 2.13 bits per heavy atom. The van der Waals surface area contributed by atoms with Gasteiger partial charge >= 0.3 is 5.97 Å². The molecule has 0 heterocycles. The summed E-state index contributed by atoms with van der Waals surface area (Å²) >= 11 is 0. The normalized spacial score (nSPS) is 17.8. The number of carbonyl (C=O) groups is 1. The Morgan fingerprint density at radius 1 is 1.47 bits per heavy atom. The summed E-state index contributed by atoms with van der Waals surface area (Å²) in [6.45, 7) is 3.28. The molecule has 1 aliphatic carbocycles. The highest BCUT2D eigenvalue weighted by molar-refractivity contribution is 5.71. The predicted octanol–water partition coefficient (Wildman–Crippen LogP) is 1.98. The van der Waals surface area contributed by atoms with Crippen molar-refractivity contribution in [2.24, 2.45) is 0 Å². The van der Waals surface area contributed by atoms with E-state index in [1.165, 1.54) is 32.8 Å². The van der Waals surface area contributed by atoms with E-state index in [1.54, 1.807) is 0 Å². The monoisotopic (exact) mass is 211 g/mol. The van der Waals surface area contributed by atoms with Crippen LogP contribution in [-0.4, -0.2) is 37.1 Å². The molecule has 0 aromatic heterocycles. The van der Waals surface area contributed by atoms with Gasteiger partial charge in [0, 0.05) is 12.6 Å². The molecule has 1 rings (SSSR count). The second-order valence-corrected chi connectivity index (χ2v) is 4.01. The van der Waals surface area contributed by atoms with Crippen LogP contribution < -0.4 is 0 Å². The maximum Gasteiger partial charge on any atom is 0.319 e. The van der Waals surface area contributed by atoms with E-state index in [-0.39, 0.29) is 5.97 Å². The van der Waals surface area contributed by atoms with E-state index in [9.17, 15) is 4.79 Å². The molecule has 1 fully saturated rings. The van der Waals surface area contributed by atoms with Crippen molar-refractivity contribution in [3.8, 4) is 0 Å². The summed E-state index contributed by atoms with van der Waals surface area (Å²) in [5.74, 6) is -0.133. The number of methoxy groups -OCH3 is 1. The first-order valence-electron chi connectivity index (χ1n) is 5.70. The van der Waals surface area contributed by atoms with Gasteiger partial charge in [0.15, 0.2) is 0 Å². The average molecular weight is 211 g/mol. The van der Waals surface area contributed by atoms with Crippen molar-refractivity contribution < 1.29 is 9.53 Å². The predicted molar refractivity (Wildman–Crippen MR) is 60.7 cm³/mol. The molecular weight excluding hydrogens is 190 g/mol. The van der Waals surface area contributed by atoms with Gasteiger partial charge in [-0.05, 0) is 19.8 Å². The minimum Gasteiger partial charge on any atom is -0.468 e. The maximum absolute atomic E-state index is 11.3. The van der Waals surface area contributed by atoms with Gasteiger partial charge in [-0.15, -0.1) is 0 Å². The lowest BCUT2D eigenvalue weighted by Gasteiger charge is -2.26. The molecule has 0 saturated heterocycles. The van der Waals surface area contributed by atoms with E-state index in [0.29, 0.717) is 12.6 Å². The molecule has 3 heteroatoms. The summed E-state index contributed by atoms with van der Waals surface area (Å²) in [5, 5.41) is 0. The summed E-state index contributed by atoms with van der Waals surface area (Å²) in [5.41, 5.74) is 0. The Balaban J connectivity index is 2.47. The molecule has 0 spiro atoms. The number of allylic oxidation sites excluding steroid dienone is 1. The minimum atomic E-state index is -0.133. The smallest absolute Gasteiger partial charge is 0.319 e. The van der Waals surface area contributed by atoms with Gasteiger partial charge in [0.05, 0.1) is 13.7 Å². The molecule has 0 bridgehead atoms. The molecule has 0 aromatic carbocycles. The second kappa shape index (κ2) is 6.62. The van der Waals surface area contributed by atoms with Crippen molar-refractivity contribution in [1.29, 1.82) is 0 Å². The standard InChI is InChI=1S/C12H21NO2/c1-3-4-9-13(10-12(14)15-2)11-7-5-6-8-11/h3-4,11H,5-10H2,1-2H3/b4-3+. The molecule has 0 radical (unpaired) electrons. The lowest BCUT2D eigenvalue weighted by Crippen LogP contribution is -2.38. The number of nitrogens with zero attached hydrogens (tertiary/aromatic N) is 1. The molecule has 0 unspecified atom stereocenters. The fraction of sp³-hybridized carbons (Fsp3) is 0.750. The van der Waals surface area contributed by atoms with Gasteiger partial charge in [0.25, 0.3) is 0 Å².